The highest BCUT2D eigenvalue weighted by atomic mass is 16.5. The third kappa shape index (κ3) is 3.92. The third-order valence-electron chi connectivity index (χ3n) is 4.65. The molecular formula is C23H23NO5. The maximum absolute atomic E-state index is 12.9. The van der Waals surface area contributed by atoms with E-state index in [1.54, 1.807) is 63.2 Å². The standard InChI is InChI=1S/C23H23NO5/c1-4-18(25)19-20(15-9-6-5-7-10-15)24(22(27)21(19)26)17-12-8-11-16(13-17)23(28)29-14(2)3/h5-14,20,26H,4H2,1-3H3. The molecule has 150 valence electrons. The first kappa shape index (κ1) is 20.3. The van der Waals surface area contributed by atoms with E-state index >= 15 is 0 Å². The van der Waals surface area contributed by atoms with E-state index in [0.717, 1.165) is 0 Å². The average Bonchev–Trinajstić information content (AvgIpc) is 2.98. The average molecular weight is 393 g/mol. The van der Waals surface area contributed by atoms with Crippen LogP contribution in [0.4, 0.5) is 5.69 Å². The first-order valence-electron chi connectivity index (χ1n) is 9.51. The van der Waals surface area contributed by atoms with Gasteiger partial charge in [0.25, 0.3) is 5.91 Å². The highest BCUT2D eigenvalue weighted by molar-refractivity contribution is 6.16. The van der Waals surface area contributed by atoms with Gasteiger partial charge in [-0.1, -0.05) is 43.3 Å². The second-order valence-electron chi connectivity index (χ2n) is 7.03. The molecule has 1 atom stereocenters. The lowest BCUT2D eigenvalue weighted by Crippen LogP contribution is -2.31. The van der Waals surface area contributed by atoms with Crippen molar-refractivity contribution >= 4 is 23.3 Å². The van der Waals surface area contributed by atoms with Crippen LogP contribution in [0.15, 0.2) is 65.9 Å². The Morgan fingerprint density at radius 1 is 1.10 bits per heavy atom. The third-order valence-corrected chi connectivity index (χ3v) is 4.65. The zero-order valence-corrected chi connectivity index (χ0v) is 16.6. The maximum Gasteiger partial charge on any atom is 0.338 e. The quantitative estimate of drug-likeness (QED) is 0.746. The zero-order chi connectivity index (χ0) is 21.1. The van der Waals surface area contributed by atoms with Crippen LogP contribution in [0.5, 0.6) is 0 Å². The van der Waals surface area contributed by atoms with Crippen molar-refractivity contribution in [3.05, 3.63) is 77.1 Å². The summed E-state index contributed by atoms with van der Waals surface area (Å²) in [5.74, 6) is -2.04. The highest BCUT2D eigenvalue weighted by Crippen LogP contribution is 2.41. The van der Waals surface area contributed by atoms with Gasteiger partial charge in [0.2, 0.25) is 0 Å². The minimum atomic E-state index is -0.771. The van der Waals surface area contributed by atoms with E-state index in [4.69, 9.17) is 4.74 Å². The molecule has 1 heterocycles. The van der Waals surface area contributed by atoms with E-state index in [0.29, 0.717) is 11.3 Å². The molecule has 0 aliphatic carbocycles. The van der Waals surface area contributed by atoms with Crippen LogP contribution in [0.1, 0.15) is 49.2 Å². The van der Waals surface area contributed by atoms with Gasteiger partial charge in [-0.15, -0.1) is 0 Å². The van der Waals surface area contributed by atoms with E-state index < -0.39 is 23.7 Å². The molecule has 3 rings (SSSR count). The molecule has 0 saturated heterocycles. The fourth-order valence-corrected chi connectivity index (χ4v) is 3.36. The lowest BCUT2D eigenvalue weighted by Gasteiger charge is -2.27. The smallest absolute Gasteiger partial charge is 0.338 e. The minimum Gasteiger partial charge on any atom is -0.503 e. The Morgan fingerprint density at radius 3 is 2.41 bits per heavy atom. The topological polar surface area (TPSA) is 83.9 Å². The van der Waals surface area contributed by atoms with Gasteiger partial charge >= 0.3 is 5.97 Å². The molecule has 2 aromatic carbocycles. The molecule has 1 unspecified atom stereocenters. The number of amides is 1. The fourth-order valence-electron chi connectivity index (χ4n) is 3.36. The molecular weight excluding hydrogens is 370 g/mol. The number of ether oxygens (including phenoxy) is 1. The number of aliphatic hydroxyl groups is 1. The number of carbonyl (C=O) groups excluding carboxylic acids is 3. The first-order chi connectivity index (χ1) is 13.8. The number of hydrogen-bond acceptors (Lipinski definition) is 5. The summed E-state index contributed by atoms with van der Waals surface area (Å²) in [6.45, 7) is 5.18. The first-order valence-corrected chi connectivity index (χ1v) is 9.51. The monoisotopic (exact) mass is 393 g/mol. The molecule has 1 amide bonds. The molecule has 0 saturated carbocycles. The summed E-state index contributed by atoms with van der Waals surface area (Å²) in [5, 5.41) is 10.5. The van der Waals surface area contributed by atoms with Crippen molar-refractivity contribution < 1.29 is 24.2 Å². The largest absolute Gasteiger partial charge is 0.503 e. The molecule has 29 heavy (non-hydrogen) atoms. The Bertz CT molecular complexity index is 978. The van der Waals surface area contributed by atoms with Gasteiger partial charge in [-0.05, 0) is 37.6 Å². The number of hydrogen-bond donors (Lipinski definition) is 1. The predicted octanol–water partition coefficient (Wildman–Crippen LogP) is 4.13. The van der Waals surface area contributed by atoms with Crippen molar-refractivity contribution in [2.24, 2.45) is 0 Å². The van der Waals surface area contributed by atoms with Gasteiger partial charge in [0.05, 0.1) is 23.3 Å². The molecule has 1 N–H and O–H groups in total. The van der Waals surface area contributed by atoms with Crippen molar-refractivity contribution in [3.63, 3.8) is 0 Å². The van der Waals surface area contributed by atoms with E-state index in [1.807, 2.05) is 6.07 Å². The van der Waals surface area contributed by atoms with Crippen LogP contribution in [-0.4, -0.2) is 28.9 Å². The zero-order valence-electron chi connectivity index (χ0n) is 16.6. The van der Waals surface area contributed by atoms with Gasteiger partial charge in [-0.2, -0.15) is 0 Å². The van der Waals surface area contributed by atoms with Gasteiger partial charge < -0.3 is 9.84 Å². The summed E-state index contributed by atoms with van der Waals surface area (Å²) in [4.78, 5) is 39.1. The molecule has 0 bridgehead atoms. The predicted molar refractivity (Wildman–Crippen MR) is 109 cm³/mol. The molecule has 2 aromatic rings. The minimum absolute atomic E-state index is 0.0684. The van der Waals surface area contributed by atoms with Gasteiger partial charge in [-0.25, -0.2) is 4.79 Å². The number of aliphatic hydroxyl groups excluding tert-OH is 1. The van der Waals surface area contributed by atoms with Crippen molar-refractivity contribution in [2.45, 2.75) is 39.3 Å². The second kappa shape index (κ2) is 8.31. The molecule has 6 heteroatoms. The summed E-state index contributed by atoms with van der Waals surface area (Å²) < 4.78 is 5.23. The Balaban J connectivity index is 2.10. The van der Waals surface area contributed by atoms with Crippen molar-refractivity contribution in [3.8, 4) is 0 Å². The Hall–Kier alpha value is -3.41. The number of Topliss-reactive ketones (excluding diaryl/α,β-unsaturated/α-hetero) is 1. The van der Waals surface area contributed by atoms with E-state index in [9.17, 15) is 19.5 Å². The Kier molecular flexibility index (Phi) is 5.82. The SMILES string of the molecule is CCC(=O)C1=C(O)C(=O)N(c2cccc(C(=O)OC(C)C)c2)C1c1ccccc1. The summed E-state index contributed by atoms with van der Waals surface area (Å²) in [5.41, 5.74) is 1.44. The van der Waals surface area contributed by atoms with Crippen LogP contribution in [0.2, 0.25) is 0 Å². The summed E-state index contributed by atoms with van der Waals surface area (Å²) in [6.07, 6.45) is -0.124. The van der Waals surface area contributed by atoms with Crippen LogP contribution in [-0.2, 0) is 14.3 Å². The van der Waals surface area contributed by atoms with Crippen molar-refractivity contribution in [2.75, 3.05) is 4.90 Å². The summed E-state index contributed by atoms with van der Waals surface area (Å²) in [7, 11) is 0. The van der Waals surface area contributed by atoms with Crippen molar-refractivity contribution in [1.29, 1.82) is 0 Å². The fraction of sp³-hybridized carbons (Fsp3) is 0.261. The molecule has 0 fully saturated rings. The van der Waals surface area contributed by atoms with Crippen LogP contribution in [0.3, 0.4) is 0 Å². The van der Waals surface area contributed by atoms with Crippen LogP contribution in [0, 0.1) is 0 Å². The molecule has 0 spiro atoms. The number of benzene rings is 2. The van der Waals surface area contributed by atoms with E-state index in [-0.39, 0.29) is 29.4 Å². The summed E-state index contributed by atoms with van der Waals surface area (Å²) >= 11 is 0. The molecule has 1 aliphatic rings. The molecule has 0 radical (unpaired) electrons. The number of nitrogens with zero attached hydrogens (tertiary/aromatic N) is 1. The lowest BCUT2D eigenvalue weighted by molar-refractivity contribution is -0.118. The Labute approximate surface area is 169 Å². The normalized spacial score (nSPS) is 16.5. The summed E-state index contributed by atoms with van der Waals surface area (Å²) in [6, 6.07) is 14.7. The van der Waals surface area contributed by atoms with Gasteiger partial charge in [0, 0.05) is 12.1 Å². The molecule has 0 aromatic heterocycles. The van der Waals surface area contributed by atoms with Gasteiger partial charge in [-0.3, -0.25) is 14.5 Å². The maximum atomic E-state index is 12.9. The van der Waals surface area contributed by atoms with Gasteiger partial charge in [0.1, 0.15) is 0 Å². The van der Waals surface area contributed by atoms with Crippen LogP contribution in [0.25, 0.3) is 0 Å². The molecule has 6 nitrogen and oxygen atoms in total. The number of carbonyl (C=O) groups is 3. The van der Waals surface area contributed by atoms with Crippen LogP contribution < -0.4 is 4.90 Å². The number of anilines is 1. The van der Waals surface area contributed by atoms with E-state index in [1.165, 1.54) is 11.0 Å². The molecule has 1 aliphatic heterocycles. The highest BCUT2D eigenvalue weighted by Gasteiger charge is 2.43. The number of rotatable bonds is 6. The number of esters is 1. The van der Waals surface area contributed by atoms with Gasteiger partial charge in [0.15, 0.2) is 11.5 Å². The van der Waals surface area contributed by atoms with E-state index in [2.05, 4.69) is 0 Å². The number of ketones is 1. The Morgan fingerprint density at radius 2 is 1.79 bits per heavy atom. The lowest BCUT2D eigenvalue weighted by atomic mass is 9.95. The van der Waals surface area contributed by atoms with Crippen molar-refractivity contribution in [1.82, 2.24) is 0 Å². The van der Waals surface area contributed by atoms with Crippen LogP contribution >= 0.6 is 0 Å². The second-order valence-corrected chi connectivity index (χ2v) is 7.03.